The Morgan fingerprint density at radius 1 is 1.15 bits per heavy atom. The van der Waals surface area contributed by atoms with Crippen molar-refractivity contribution < 1.29 is 9.15 Å². The topological polar surface area (TPSA) is 52.3 Å². The van der Waals surface area contributed by atoms with E-state index in [1.165, 1.54) is 11.3 Å². The number of methoxy groups -OCH3 is 1. The van der Waals surface area contributed by atoms with Gasteiger partial charge in [-0.05, 0) is 31.2 Å². The quantitative estimate of drug-likeness (QED) is 0.395. The standard InChI is InChI=1S/C20H14BrNO3S/c1-11-17(12-6-8-14(21)9-7-12)22-19(26-11)15-10-13-4-3-5-16(24-2)18(13)25-20(15)23/h3-10H,1-2H3. The number of rotatable bonds is 3. The highest BCUT2D eigenvalue weighted by molar-refractivity contribution is 9.10. The lowest BCUT2D eigenvalue weighted by Crippen LogP contribution is -2.03. The molecule has 26 heavy (non-hydrogen) atoms. The summed E-state index contributed by atoms with van der Waals surface area (Å²) < 4.78 is 11.8. The van der Waals surface area contributed by atoms with Crippen molar-refractivity contribution in [3.05, 3.63) is 68.3 Å². The first-order chi connectivity index (χ1) is 12.6. The molecule has 130 valence electrons. The van der Waals surface area contributed by atoms with Crippen molar-refractivity contribution in [3.63, 3.8) is 0 Å². The number of ether oxygens (including phenoxy) is 1. The Labute approximate surface area is 162 Å². The van der Waals surface area contributed by atoms with Crippen LogP contribution in [0.15, 0.2) is 62.2 Å². The summed E-state index contributed by atoms with van der Waals surface area (Å²) in [6.45, 7) is 2.00. The lowest BCUT2D eigenvalue weighted by atomic mass is 10.1. The van der Waals surface area contributed by atoms with Crippen molar-refractivity contribution in [2.45, 2.75) is 6.92 Å². The van der Waals surface area contributed by atoms with Crippen LogP contribution < -0.4 is 10.4 Å². The first kappa shape index (κ1) is 17.0. The van der Waals surface area contributed by atoms with Crippen LogP contribution in [0.3, 0.4) is 0 Å². The van der Waals surface area contributed by atoms with Crippen LogP contribution in [-0.4, -0.2) is 12.1 Å². The number of hydrogen-bond acceptors (Lipinski definition) is 5. The van der Waals surface area contributed by atoms with Gasteiger partial charge in [0.1, 0.15) is 5.01 Å². The van der Waals surface area contributed by atoms with Gasteiger partial charge < -0.3 is 9.15 Å². The van der Waals surface area contributed by atoms with Crippen LogP contribution in [0.1, 0.15) is 4.88 Å². The summed E-state index contributed by atoms with van der Waals surface area (Å²) in [5.41, 5.74) is 2.38. The fourth-order valence-corrected chi connectivity index (χ4v) is 4.02. The smallest absolute Gasteiger partial charge is 0.346 e. The highest BCUT2D eigenvalue weighted by Crippen LogP contribution is 2.34. The molecule has 6 heteroatoms. The minimum Gasteiger partial charge on any atom is -0.493 e. The van der Waals surface area contributed by atoms with Crippen LogP contribution in [0.4, 0.5) is 0 Å². The van der Waals surface area contributed by atoms with E-state index in [9.17, 15) is 4.79 Å². The van der Waals surface area contributed by atoms with E-state index in [0.717, 1.165) is 26.0 Å². The number of aromatic nitrogens is 1. The predicted octanol–water partition coefficient (Wildman–Crippen LogP) is 5.66. The van der Waals surface area contributed by atoms with E-state index in [4.69, 9.17) is 14.1 Å². The molecule has 4 rings (SSSR count). The van der Waals surface area contributed by atoms with Crippen LogP contribution in [0.5, 0.6) is 5.75 Å². The first-order valence-corrected chi connectivity index (χ1v) is 9.52. The lowest BCUT2D eigenvalue weighted by Gasteiger charge is -2.04. The number of fused-ring (bicyclic) bond motifs is 1. The van der Waals surface area contributed by atoms with Gasteiger partial charge in [0.25, 0.3) is 0 Å². The number of nitrogens with zero attached hydrogens (tertiary/aromatic N) is 1. The van der Waals surface area contributed by atoms with E-state index in [0.29, 0.717) is 21.9 Å². The molecule has 2 heterocycles. The molecule has 0 N–H and O–H groups in total. The third kappa shape index (κ3) is 2.95. The maximum atomic E-state index is 12.5. The minimum absolute atomic E-state index is 0.418. The van der Waals surface area contributed by atoms with Crippen LogP contribution in [0, 0.1) is 6.92 Å². The number of para-hydroxylation sites is 1. The zero-order chi connectivity index (χ0) is 18.3. The van der Waals surface area contributed by atoms with Crippen molar-refractivity contribution in [1.82, 2.24) is 4.98 Å². The lowest BCUT2D eigenvalue weighted by molar-refractivity contribution is 0.407. The summed E-state index contributed by atoms with van der Waals surface area (Å²) in [4.78, 5) is 18.3. The fourth-order valence-electron chi connectivity index (χ4n) is 2.81. The molecule has 0 aliphatic rings. The fraction of sp³-hybridized carbons (Fsp3) is 0.100. The van der Waals surface area contributed by atoms with Gasteiger partial charge in [0, 0.05) is 20.3 Å². The molecule has 4 nitrogen and oxygen atoms in total. The van der Waals surface area contributed by atoms with Crippen LogP contribution >= 0.6 is 27.3 Å². The molecule has 0 atom stereocenters. The maximum Gasteiger partial charge on any atom is 0.346 e. The molecule has 0 radical (unpaired) electrons. The molecule has 0 amide bonds. The maximum absolute atomic E-state index is 12.5. The Bertz CT molecular complexity index is 1160. The van der Waals surface area contributed by atoms with Crippen LogP contribution in [0.25, 0.3) is 32.8 Å². The number of thiazole rings is 1. The molecular formula is C20H14BrNO3S. The van der Waals surface area contributed by atoms with Crippen molar-refractivity contribution >= 4 is 38.2 Å². The van der Waals surface area contributed by atoms with E-state index in [1.54, 1.807) is 13.2 Å². The van der Waals surface area contributed by atoms with Gasteiger partial charge in [-0.2, -0.15) is 0 Å². The van der Waals surface area contributed by atoms with Gasteiger partial charge >= 0.3 is 5.63 Å². The van der Waals surface area contributed by atoms with Crippen LogP contribution in [0.2, 0.25) is 0 Å². The summed E-state index contributed by atoms with van der Waals surface area (Å²) in [6.07, 6.45) is 0. The molecule has 0 aliphatic heterocycles. The third-order valence-electron chi connectivity index (χ3n) is 4.09. The molecule has 0 aliphatic carbocycles. The van der Waals surface area contributed by atoms with E-state index in [-0.39, 0.29) is 0 Å². The second-order valence-corrected chi connectivity index (χ2v) is 7.88. The summed E-state index contributed by atoms with van der Waals surface area (Å²) in [6, 6.07) is 15.3. The molecule has 4 aromatic rings. The minimum atomic E-state index is -0.418. The zero-order valence-electron chi connectivity index (χ0n) is 14.1. The van der Waals surface area contributed by atoms with Crippen molar-refractivity contribution in [2.75, 3.05) is 7.11 Å². The monoisotopic (exact) mass is 427 g/mol. The van der Waals surface area contributed by atoms with Gasteiger partial charge in [0.2, 0.25) is 0 Å². The average molecular weight is 428 g/mol. The third-order valence-corrected chi connectivity index (χ3v) is 5.62. The number of aryl methyl sites for hydroxylation is 1. The van der Waals surface area contributed by atoms with Gasteiger partial charge in [0.05, 0.1) is 18.4 Å². The Morgan fingerprint density at radius 2 is 1.92 bits per heavy atom. The van der Waals surface area contributed by atoms with Crippen LogP contribution in [-0.2, 0) is 0 Å². The van der Waals surface area contributed by atoms with Crippen molar-refractivity contribution in [1.29, 1.82) is 0 Å². The summed E-state index contributed by atoms with van der Waals surface area (Å²) in [5.74, 6) is 0.539. The molecule has 0 saturated heterocycles. The van der Waals surface area contributed by atoms with E-state index < -0.39 is 5.63 Å². The normalized spacial score (nSPS) is 11.0. The highest BCUT2D eigenvalue weighted by atomic mass is 79.9. The molecule has 2 aromatic heterocycles. The van der Waals surface area contributed by atoms with Crippen molar-refractivity contribution in [2.24, 2.45) is 0 Å². The van der Waals surface area contributed by atoms with E-state index in [2.05, 4.69) is 15.9 Å². The second kappa shape index (κ2) is 6.70. The second-order valence-electron chi connectivity index (χ2n) is 5.76. The Kier molecular flexibility index (Phi) is 4.38. The van der Waals surface area contributed by atoms with Gasteiger partial charge in [0.15, 0.2) is 11.3 Å². The van der Waals surface area contributed by atoms with E-state index in [1.807, 2.05) is 49.4 Å². The molecule has 0 saturated carbocycles. The summed E-state index contributed by atoms with van der Waals surface area (Å²) in [5, 5.41) is 1.45. The van der Waals surface area contributed by atoms with Crippen molar-refractivity contribution in [3.8, 4) is 27.6 Å². The zero-order valence-corrected chi connectivity index (χ0v) is 16.5. The molecule has 0 bridgehead atoms. The molecular weight excluding hydrogens is 414 g/mol. The Morgan fingerprint density at radius 3 is 2.65 bits per heavy atom. The van der Waals surface area contributed by atoms with E-state index >= 15 is 0 Å². The largest absolute Gasteiger partial charge is 0.493 e. The number of hydrogen-bond donors (Lipinski definition) is 0. The number of benzene rings is 2. The van der Waals surface area contributed by atoms with Gasteiger partial charge in [-0.3, -0.25) is 0 Å². The van der Waals surface area contributed by atoms with Gasteiger partial charge in [-0.25, -0.2) is 9.78 Å². The molecule has 0 unspecified atom stereocenters. The van der Waals surface area contributed by atoms with Gasteiger partial charge in [-0.1, -0.05) is 40.2 Å². The first-order valence-electron chi connectivity index (χ1n) is 7.91. The SMILES string of the molecule is COc1cccc2cc(-c3nc(-c4ccc(Br)cc4)c(C)s3)c(=O)oc12. The highest BCUT2D eigenvalue weighted by Gasteiger charge is 2.16. The summed E-state index contributed by atoms with van der Waals surface area (Å²) in [7, 11) is 1.55. The van der Waals surface area contributed by atoms with Gasteiger partial charge in [-0.15, -0.1) is 11.3 Å². The Balaban J connectivity index is 1.86. The molecule has 0 fully saturated rings. The molecule has 0 spiro atoms. The number of halogens is 1. The summed E-state index contributed by atoms with van der Waals surface area (Å²) >= 11 is 4.93. The Hall–Kier alpha value is -2.44. The predicted molar refractivity (Wildman–Crippen MR) is 108 cm³/mol. The molecule has 2 aromatic carbocycles. The average Bonchev–Trinajstić information content (AvgIpc) is 3.03.